The van der Waals surface area contributed by atoms with Gasteiger partial charge in [0.25, 0.3) is 0 Å². The second-order valence-electron chi connectivity index (χ2n) is 15.1. The van der Waals surface area contributed by atoms with E-state index in [4.69, 9.17) is 0 Å². The Morgan fingerprint density at radius 3 is 0.948 bits per heavy atom. The van der Waals surface area contributed by atoms with Crippen molar-refractivity contribution in [1.29, 1.82) is 0 Å². The molecule has 0 atom stereocenters. The number of ketones is 4. The highest BCUT2D eigenvalue weighted by molar-refractivity contribution is 6.29. The molecule has 10 aromatic rings. The summed E-state index contributed by atoms with van der Waals surface area (Å²) in [5.41, 5.74) is 11.2. The third-order valence-corrected chi connectivity index (χ3v) is 12.0. The number of hydrogen-bond acceptors (Lipinski definition) is 4. The van der Waals surface area contributed by atoms with Crippen molar-refractivity contribution in [3.63, 3.8) is 0 Å². The first kappa shape index (κ1) is 32.3. The van der Waals surface area contributed by atoms with Gasteiger partial charge in [0, 0.05) is 66.1 Å². The zero-order valence-electron chi connectivity index (χ0n) is 30.7. The van der Waals surface area contributed by atoms with Gasteiger partial charge in [-0.15, -0.1) is 0 Å². The fraction of sp³-hybridized carbons (Fsp3) is 0. The van der Waals surface area contributed by atoms with Crippen LogP contribution in [-0.2, 0) is 0 Å². The Labute approximate surface area is 330 Å². The number of para-hydroxylation sites is 2. The van der Waals surface area contributed by atoms with E-state index >= 15 is 0 Å². The van der Waals surface area contributed by atoms with Gasteiger partial charge < -0.3 is 0 Å². The monoisotopic (exact) mass is 744 g/mol. The van der Waals surface area contributed by atoms with Crippen LogP contribution in [0, 0.1) is 0 Å². The van der Waals surface area contributed by atoms with Crippen molar-refractivity contribution in [2.24, 2.45) is 0 Å². The summed E-state index contributed by atoms with van der Waals surface area (Å²) >= 11 is 0. The second kappa shape index (κ2) is 11.8. The molecule has 2 aromatic heterocycles. The van der Waals surface area contributed by atoms with Crippen LogP contribution in [0.5, 0.6) is 0 Å². The van der Waals surface area contributed by atoms with E-state index in [-0.39, 0.29) is 23.1 Å². The Morgan fingerprint density at radius 1 is 0.241 bits per heavy atom. The van der Waals surface area contributed by atoms with E-state index in [1.165, 1.54) is 0 Å². The van der Waals surface area contributed by atoms with Crippen molar-refractivity contribution >= 4 is 66.7 Å². The number of hydrogen-bond donors (Lipinski definition) is 0. The lowest BCUT2D eigenvalue weighted by molar-refractivity contribution is 0.0979. The summed E-state index contributed by atoms with van der Waals surface area (Å²) in [5, 5.41) is 4.26. The Balaban J connectivity index is 1.01. The molecule has 6 nitrogen and oxygen atoms in total. The van der Waals surface area contributed by atoms with Crippen LogP contribution in [0.25, 0.3) is 65.9 Å². The fourth-order valence-corrected chi connectivity index (χ4v) is 9.25. The summed E-state index contributed by atoms with van der Waals surface area (Å²) in [6, 6.07) is 54.7. The first-order valence-electron chi connectivity index (χ1n) is 19.2. The van der Waals surface area contributed by atoms with Gasteiger partial charge in [0.15, 0.2) is 23.1 Å². The largest absolute Gasteiger partial charge is 0.289 e. The third-order valence-electron chi connectivity index (χ3n) is 12.0. The highest BCUT2D eigenvalue weighted by atomic mass is 16.1. The van der Waals surface area contributed by atoms with Gasteiger partial charge in [-0.1, -0.05) is 109 Å². The van der Waals surface area contributed by atoms with Crippen molar-refractivity contribution in [1.82, 2.24) is 9.35 Å². The zero-order chi connectivity index (χ0) is 38.8. The summed E-state index contributed by atoms with van der Waals surface area (Å²) in [6.45, 7) is 0. The third kappa shape index (κ3) is 4.37. The van der Waals surface area contributed by atoms with Gasteiger partial charge in [-0.25, -0.2) is 9.35 Å². The zero-order valence-corrected chi connectivity index (χ0v) is 30.7. The van der Waals surface area contributed by atoms with E-state index in [0.29, 0.717) is 44.5 Å². The Hall–Kier alpha value is -7.96. The van der Waals surface area contributed by atoms with Crippen LogP contribution < -0.4 is 0 Å². The van der Waals surface area contributed by atoms with Crippen LogP contribution in [0.4, 0.5) is 0 Å². The van der Waals surface area contributed by atoms with Gasteiger partial charge in [0.05, 0.1) is 22.1 Å². The Morgan fingerprint density at radius 2 is 0.534 bits per heavy atom. The molecule has 0 amide bonds. The van der Waals surface area contributed by atoms with Crippen LogP contribution in [0.15, 0.2) is 170 Å². The number of rotatable bonds is 3. The van der Waals surface area contributed by atoms with Gasteiger partial charge in [0.2, 0.25) is 0 Å². The van der Waals surface area contributed by atoms with E-state index in [1.807, 2.05) is 36.4 Å². The summed E-state index contributed by atoms with van der Waals surface area (Å²) in [4.78, 5) is 53.9. The summed E-state index contributed by atoms with van der Waals surface area (Å²) in [6.07, 6.45) is 0. The van der Waals surface area contributed by atoms with Crippen molar-refractivity contribution in [2.45, 2.75) is 0 Å². The van der Waals surface area contributed by atoms with Crippen LogP contribution in [0.2, 0.25) is 0 Å². The van der Waals surface area contributed by atoms with Gasteiger partial charge in [-0.05, 0) is 82.9 Å². The van der Waals surface area contributed by atoms with Gasteiger partial charge in [-0.3, -0.25) is 19.2 Å². The molecule has 0 aliphatic heterocycles. The molecule has 0 saturated carbocycles. The molecule has 270 valence electrons. The summed E-state index contributed by atoms with van der Waals surface area (Å²) < 4.78 is 4.54. The molecule has 0 radical (unpaired) electrons. The average Bonchev–Trinajstić information content (AvgIpc) is 3.78. The van der Waals surface area contributed by atoms with E-state index in [1.54, 1.807) is 60.7 Å². The number of carbonyl (C=O) groups excluding carboxylic acids is 4. The normalized spacial score (nSPS) is 13.3. The topological polar surface area (TPSA) is 78.1 Å². The molecule has 0 saturated heterocycles. The lowest BCUT2D eigenvalue weighted by Gasteiger charge is -2.18. The standard InChI is InChI=1S/C52H28N2O4/c55-49-35-11-1-3-13-37(35)51(57)43-27-29(17-21-39(43)49)31-19-23-47-41(25-31)33-9-5-7-15-45(33)53(47)54-46-16-8-6-10-34(46)42-26-32(20-24-48(42)54)30-18-22-40-44(28-30)52(58)38-14-4-2-12-36(38)50(40)56/h1-28H. The molecule has 2 aliphatic rings. The molecule has 0 N–H and O–H groups in total. The molecule has 0 spiro atoms. The summed E-state index contributed by atoms with van der Waals surface area (Å²) in [7, 11) is 0. The number of carbonyl (C=O) groups is 4. The SMILES string of the molecule is O=C1c2ccccc2C(=O)c2cc(-c3ccc4c(c3)c3ccccc3n4-n3c4ccccc4c4cc(-c5ccc6c(c5)C(=O)c5ccccc5C6=O)ccc43)ccc21. The van der Waals surface area contributed by atoms with E-state index < -0.39 is 0 Å². The van der Waals surface area contributed by atoms with E-state index in [0.717, 1.165) is 65.9 Å². The van der Waals surface area contributed by atoms with Crippen molar-refractivity contribution < 1.29 is 19.2 Å². The van der Waals surface area contributed by atoms with Gasteiger partial charge in [-0.2, -0.15) is 0 Å². The molecule has 2 heterocycles. The predicted octanol–water partition coefficient (Wildman–Crippen LogP) is 11.1. The molecule has 2 aliphatic carbocycles. The van der Waals surface area contributed by atoms with Crippen LogP contribution in [0.1, 0.15) is 63.7 Å². The van der Waals surface area contributed by atoms with Crippen molar-refractivity contribution in [3.05, 3.63) is 214 Å². The first-order chi connectivity index (χ1) is 28.4. The first-order valence-corrected chi connectivity index (χ1v) is 19.2. The molecule has 58 heavy (non-hydrogen) atoms. The number of benzene rings is 8. The predicted molar refractivity (Wildman–Crippen MR) is 227 cm³/mol. The molecule has 0 fully saturated rings. The smallest absolute Gasteiger partial charge is 0.194 e. The quantitative estimate of drug-likeness (QED) is 0.180. The molecule has 0 bridgehead atoms. The molecule has 12 rings (SSSR count). The van der Waals surface area contributed by atoms with E-state index in [9.17, 15) is 19.2 Å². The summed E-state index contributed by atoms with van der Waals surface area (Å²) in [5.74, 6) is -0.538. The number of fused-ring (bicyclic) bond motifs is 10. The van der Waals surface area contributed by atoms with Crippen LogP contribution in [-0.4, -0.2) is 32.5 Å². The maximum Gasteiger partial charge on any atom is 0.194 e. The minimum absolute atomic E-state index is 0.131. The van der Waals surface area contributed by atoms with Crippen molar-refractivity contribution in [2.75, 3.05) is 0 Å². The second-order valence-corrected chi connectivity index (χ2v) is 15.1. The molecular weight excluding hydrogens is 717 g/mol. The minimum atomic E-state index is -0.139. The molecule has 6 heteroatoms. The fourth-order valence-electron chi connectivity index (χ4n) is 9.25. The number of aromatic nitrogens is 2. The van der Waals surface area contributed by atoms with Crippen LogP contribution >= 0.6 is 0 Å². The Bertz CT molecular complexity index is 3310. The van der Waals surface area contributed by atoms with Gasteiger partial charge >= 0.3 is 0 Å². The number of nitrogens with zero attached hydrogens (tertiary/aromatic N) is 2. The minimum Gasteiger partial charge on any atom is -0.289 e. The lowest BCUT2D eigenvalue weighted by atomic mass is 9.83. The molecular formula is C52H28N2O4. The van der Waals surface area contributed by atoms with Gasteiger partial charge in [0.1, 0.15) is 0 Å². The highest BCUT2D eigenvalue weighted by Gasteiger charge is 2.31. The highest BCUT2D eigenvalue weighted by Crippen LogP contribution is 2.40. The molecule has 0 unspecified atom stereocenters. The molecule has 8 aromatic carbocycles. The average molecular weight is 745 g/mol. The maximum atomic E-state index is 13.6. The van der Waals surface area contributed by atoms with Crippen LogP contribution in [0.3, 0.4) is 0 Å². The van der Waals surface area contributed by atoms with E-state index in [2.05, 4.69) is 82.1 Å². The lowest BCUT2D eigenvalue weighted by Crippen LogP contribution is -2.20. The Kier molecular flexibility index (Phi) is 6.56. The van der Waals surface area contributed by atoms with Crippen molar-refractivity contribution in [3.8, 4) is 22.3 Å². The maximum absolute atomic E-state index is 13.6.